The summed E-state index contributed by atoms with van der Waals surface area (Å²) in [6, 6.07) is 5.05. The van der Waals surface area contributed by atoms with Crippen LogP contribution in [0.1, 0.15) is 47.3 Å². The third kappa shape index (κ3) is 3.70. The average Bonchev–Trinajstić information content (AvgIpc) is 3.39. The summed E-state index contributed by atoms with van der Waals surface area (Å²) in [7, 11) is 0. The van der Waals surface area contributed by atoms with Gasteiger partial charge in [-0.25, -0.2) is 13.9 Å². The van der Waals surface area contributed by atoms with Gasteiger partial charge in [-0.3, -0.25) is 4.79 Å². The Bertz CT molecular complexity index is 1190. The highest BCUT2D eigenvalue weighted by atomic mass is 35.5. The van der Waals surface area contributed by atoms with Crippen LogP contribution in [-0.2, 0) is 13.1 Å². The minimum atomic E-state index is -0.410. The molecule has 3 aliphatic rings. The number of hydrogen-bond donors (Lipinski definition) is 1. The number of nitrogens with zero attached hydrogens (tertiary/aromatic N) is 4. The highest BCUT2D eigenvalue weighted by Gasteiger charge is 2.36. The predicted octanol–water partition coefficient (Wildman–Crippen LogP) is 3.76. The first-order valence-corrected chi connectivity index (χ1v) is 10.9. The molecular formula is C22H22Cl2FN5O2. The fourth-order valence-electron chi connectivity index (χ4n) is 5.09. The zero-order valence-corrected chi connectivity index (χ0v) is 18.7. The maximum Gasteiger partial charge on any atom is 0.258 e. The number of amides is 1. The molecule has 10 heteroatoms. The normalized spacial score (nSPS) is 23.8. The topological polar surface area (TPSA) is 71.8 Å². The van der Waals surface area contributed by atoms with Crippen molar-refractivity contribution in [2.75, 3.05) is 0 Å². The number of benzene rings is 1. The number of fused-ring (bicyclic) bond motifs is 5. The fraction of sp³-hybridized carbons (Fsp3) is 0.409. The van der Waals surface area contributed by atoms with E-state index in [1.165, 1.54) is 18.2 Å². The number of hydrogen-bond acceptors (Lipinski definition) is 5. The van der Waals surface area contributed by atoms with Gasteiger partial charge in [-0.05, 0) is 37.8 Å². The summed E-state index contributed by atoms with van der Waals surface area (Å²) in [5.74, 6) is -0.288. The van der Waals surface area contributed by atoms with Gasteiger partial charge in [0.15, 0.2) is 5.65 Å². The number of nitrogens with one attached hydrogen (secondary N) is 1. The van der Waals surface area contributed by atoms with Crippen LogP contribution < -0.4 is 10.1 Å². The maximum absolute atomic E-state index is 14.0. The van der Waals surface area contributed by atoms with Crippen molar-refractivity contribution < 1.29 is 13.9 Å². The third-order valence-corrected chi connectivity index (χ3v) is 6.69. The van der Waals surface area contributed by atoms with Crippen molar-refractivity contribution in [3.8, 4) is 5.75 Å². The molecule has 0 unspecified atom stereocenters. The second-order valence-corrected chi connectivity index (χ2v) is 9.05. The predicted molar refractivity (Wildman–Crippen MR) is 119 cm³/mol. The van der Waals surface area contributed by atoms with Gasteiger partial charge in [0, 0.05) is 29.9 Å². The smallest absolute Gasteiger partial charge is 0.258 e. The Kier molecular flexibility index (Phi) is 5.47. The monoisotopic (exact) mass is 477 g/mol. The van der Waals surface area contributed by atoms with Crippen LogP contribution in [0, 0.1) is 5.82 Å². The zero-order chi connectivity index (χ0) is 21.1. The first kappa shape index (κ1) is 21.4. The largest absolute Gasteiger partial charge is 0.489 e. The Morgan fingerprint density at radius 3 is 2.78 bits per heavy atom. The van der Waals surface area contributed by atoms with Crippen molar-refractivity contribution in [3.63, 3.8) is 0 Å². The number of halogens is 3. The van der Waals surface area contributed by atoms with E-state index in [1.807, 2.05) is 0 Å². The van der Waals surface area contributed by atoms with Crippen LogP contribution in [0.2, 0.25) is 5.02 Å². The summed E-state index contributed by atoms with van der Waals surface area (Å²) < 4.78 is 21.9. The summed E-state index contributed by atoms with van der Waals surface area (Å²) in [5, 5.41) is 8.59. The summed E-state index contributed by atoms with van der Waals surface area (Å²) in [6.07, 6.45) is 7.30. The number of aromatic nitrogens is 3. The van der Waals surface area contributed by atoms with E-state index in [2.05, 4.69) is 15.4 Å². The molecule has 2 saturated heterocycles. The van der Waals surface area contributed by atoms with E-state index in [1.54, 1.807) is 21.8 Å². The Labute approximate surface area is 195 Å². The lowest BCUT2D eigenvalue weighted by Gasteiger charge is -2.30. The standard InChI is InChI=1S/C22H21ClFN5O2.ClH/c23-12-8-25-21-18-10-28(11-19(18)27-29(21)9-12)22(30)17-4-1-13(24)5-20(17)31-16-6-14-2-3-15(7-16)26-14;/h1,4-5,8-9,14-16,26H,2-3,6-7,10-11H2;1H/t14-,15+,16+;. The van der Waals surface area contributed by atoms with Crippen LogP contribution in [-0.4, -0.2) is 43.6 Å². The van der Waals surface area contributed by atoms with Crippen molar-refractivity contribution in [1.29, 1.82) is 0 Å². The van der Waals surface area contributed by atoms with Crippen LogP contribution >= 0.6 is 24.0 Å². The van der Waals surface area contributed by atoms with Gasteiger partial charge in [-0.1, -0.05) is 11.6 Å². The summed E-state index contributed by atoms with van der Waals surface area (Å²) >= 11 is 6.00. The molecule has 0 saturated carbocycles. The first-order chi connectivity index (χ1) is 15.0. The molecule has 3 aliphatic heterocycles. The molecule has 2 fully saturated rings. The zero-order valence-electron chi connectivity index (χ0n) is 17.1. The van der Waals surface area contributed by atoms with E-state index in [-0.39, 0.29) is 24.4 Å². The van der Waals surface area contributed by atoms with Crippen LogP contribution in [0.5, 0.6) is 5.75 Å². The third-order valence-electron chi connectivity index (χ3n) is 6.49. The lowest BCUT2D eigenvalue weighted by molar-refractivity contribution is 0.0737. The van der Waals surface area contributed by atoms with E-state index in [9.17, 15) is 9.18 Å². The van der Waals surface area contributed by atoms with Crippen molar-refractivity contribution in [2.45, 2.75) is 57.0 Å². The molecule has 2 bridgehead atoms. The second kappa shape index (κ2) is 8.17. The van der Waals surface area contributed by atoms with Crippen molar-refractivity contribution in [3.05, 3.63) is 58.3 Å². The molecule has 1 aromatic carbocycles. The van der Waals surface area contributed by atoms with Gasteiger partial charge in [0.25, 0.3) is 5.91 Å². The van der Waals surface area contributed by atoms with Gasteiger partial charge in [0.05, 0.1) is 35.6 Å². The van der Waals surface area contributed by atoms with Gasteiger partial charge < -0.3 is 15.0 Å². The van der Waals surface area contributed by atoms with E-state index < -0.39 is 5.82 Å². The molecular weight excluding hydrogens is 456 g/mol. The minimum Gasteiger partial charge on any atom is -0.489 e. The van der Waals surface area contributed by atoms with Gasteiger partial charge in [-0.2, -0.15) is 5.10 Å². The summed E-state index contributed by atoms with van der Waals surface area (Å²) in [4.78, 5) is 19.4. The molecule has 6 rings (SSSR count). The molecule has 0 radical (unpaired) electrons. The van der Waals surface area contributed by atoms with Crippen molar-refractivity contribution in [2.24, 2.45) is 0 Å². The molecule has 7 nitrogen and oxygen atoms in total. The molecule has 3 aromatic rings. The Morgan fingerprint density at radius 2 is 2.00 bits per heavy atom. The van der Waals surface area contributed by atoms with E-state index in [0.717, 1.165) is 36.9 Å². The van der Waals surface area contributed by atoms with Crippen LogP contribution in [0.25, 0.3) is 5.65 Å². The number of carbonyl (C=O) groups is 1. The minimum absolute atomic E-state index is 0. The van der Waals surface area contributed by atoms with Gasteiger partial charge in [0.2, 0.25) is 0 Å². The second-order valence-electron chi connectivity index (χ2n) is 8.62. The van der Waals surface area contributed by atoms with Crippen molar-refractivity contribution >= 4 is 35.6 Å². The van der Waals surface area contributed by atoms with Crippen molar-refractivity contribution in [1.82, 2.24) is 24.8 Å². The van der Waals surface area contributed by atoms with Crippen LogP contribution in [0.3, 0.4) is 0 Å². The average molecular weight is 478 g/mol. The molecule has 32 heavy (non-hydrogen) atoms. The SMILES string of the molecule is Cl.O=C(c1ccc(F)cc1O[C@H]1C[C@H]2CC[C@@H](C1)N2)N1Cc2nn3cc(Cl)cnc3c2C1. The fourth-order valence-corrected chi connectivity index (χ4v) is 5.23. The van der Waals surface area contributed by atoms with Gasteiger partial charge >= 0.3 is 0 Å². The molecule has 5 heterocycles. The number of carbonyl (C=O) groups excluding carboxylic acids is 1. The molecule has 2 aromatic heterocycles. The van der Waals surface area contributed by atoms with E-state index in [4.69, 9.17) is 16.3 Å². The quantitative estimate of drug-likeness (QED) is 0.621. The summed E-state index contributed by atoms with van der Waals surface area (Å²) in [5.41, 5.74) is 2.77. The molecule has 1 N–H and O–H groups in total. The first-order valence-electron chi connectivity index (χ1n) is 10.6. The Balaban J connectivity index is 0.00000216. The molecule has 3 atom stereocenters. The van der Waals surface area contributed by atoms with E-state index in [0.29, 0.717) is 47.2 Å². The van der Waals surface area contributed by atoms with Crippen LogP contribution in [0.4, 0.5) is 4.39 Å². The molecule has 0 aliphatic carbocycles. The van der Waals surface area contributed by atoms with E-state index >= 15 is 0 Å². The molecule has 1 amide bonds. The van der Waals surface area contributed by atoms with Crippen LogP contribution in [0.15, 0.2) is 30.6 Å². The number of ether oxygens (including phenoxy) is 1. The lowest BCUT2D eigenvalue weighted by atomic mass is 10.0. The Morgan fingerprint density at radius 1 is 1.22 bits per heavy atom. The Hall–Kier alpha value is -2.42. The highest BCUT2D eigenvalue weighted by Crippen LogP contribution is 2.33. The molecule has 0 spiro atoms. The number of piperidine rings is 1. The summed E-state index contributed by atoms with van der Waals surface area (Å²) in [6.45, 7) is 0.754. The number of rotatable bonds is 3. The highest BCUT2D eigenvalue weighted by molar-refractivity contribution is 6.30. The van der Waals surface area contributed by atoms with Gasteiger partial charge in [-0.15, -0.1) is 12.4 Å². The maximum atomic E-state index is 14.0. The lowest BCUT2D eigenvalue weighted by Crippen LogP contribution is -2.42. The van der Waals surface area contributed by atoms with Gasteiger partial charge in [0.1, 0.15) is 17.7 Å². The molecule has 168 valence electrons.